The number of benzene rings is 2. The number of aryl methyl sites for hydroxylation is 2. The molecule has 0 bridgehead atoms. The second-order valence-electron chi connectivity index (χ2n) is 8.89. The zero-order valence-electron chi connectivity index (χ0n) is 20.4. The molecule has 0 radical (unpaired) electrons. The summed E-state index contributed by atoms with van der Waals surface area (Å²) in [5, 5.41) is 19.3. The molecule has 0 fully saturated rings. The summed E-state index contributed by atoms with van der Waals surface area (Å²) in [7, 11) is 8.27. The molecule has 0 saturated carbocycles. The Hall–Kier alpha value is -4.27. The molecule has 0 aliphatic rings. The number of hydrogen-bond acceptors (Lipinski definition) is 8. The highest BCUT2D eigenvalue weighted by molar-refractivity contribution is 5.91. The molecular formula is C26H28N9+. The maximum atomic E-state index is 4.26. The van der Waals surface area contributed by atoms with Crippen molar-refractivity contribution in [3.63, 3.8) is 0 Å². The van der Waals surface area contributed by atoms with Crippen molar-refractivity contribution in [3.05, 3.63) is 66.7 Å². The van der Waals surface area contributed by atoms with Gasteiger partial charge in [-0.05, 0) is 36.4 Å². The number of anilines is 2. The highest BCUT2D eigenvalue weighted by Gasteiger charge is 2.18. The van der Waals surface area contributed by atoms with E-state index in [-0.39, 0.29) is 0 Å². The van der Waals surface area contributed by atoms with Crippen molar-refractivity contribution in [1.29, 1.82) is 0 Å². The van der Waals surface area contributed by atoms with Crippen LogP contribution in [0.25, 0.3) is 33.5 Å². The summed E-state index contributed by atoms with van der Waals surface area (Å²) in [6, 6.07) is 17.2. The molecule has 0 N–H and O–H groups in total. The fourth-order valence-corrected chi connectivity index (χ4v) is 4.12. The van der Waals surface area contributed by atoms with Gasteiger partial charge in [-0.3, -0.25) is 0 Å². The van der Waals surface area contributed by atoms with Gasteiger partial charge in [-0.2, -0.15) is 4.57 Å². The summed E-state index contributed by atoms with van der Waals surface area (Å²) in [5.41, 5.74) is 4.75. The lowest BCUT2D eigenvalue weighted by Crippen LogP contribution is -2.36. The first-order chi connectivity index (χ1) is 17.0. The lowest BCUT2D eigenvalue weighted by atomic mass is 10.1. The molecule has 9 heteroatoms. The van der Waals surface area contributed by atoms with Gasteiger partial charge in [-0.1, -0.05) is 0 Å². The van der Waals surface area contributed by atoms with Crippen molar-refractivity contribution in [1.82, 2.24) is 30.4 Å². The largest absolute Gasteiger partial charge is 0.377 e. The molecule has 5 aromatic rings. The fourth-order valence-electron chi connectivity index (χ4n) is 4.12. The molecule has 2 aromatic carbocycles. The summed E-state index contributed by atoms with van der Waals surface area (Å²) in [6.07, 6.45) is 4.81. The Bertz CT molecular complexity index is 1400. The predicted octanol–water partition coefficient (Wildman–Crippen LogP) is 3.08. The highest BCUT2D eigenvalue weighted by Crippen LogP contribution is 2.25. The third-order valence-electron chi connectivity index (χ3n) is 6.02. The van der Waals surface area contributed by atoms with Crippen molar-refractivity contribution < 1.29 is 4.57 Å². The van der Waals surface area contributed by atoms with Gasteiger partial charge in [0.15, 0.2) is 5.82 Å². The first-order valence-electron chi connectivity index (χ1n) is 11.6. The van der Waals surface area contributed by atoms with Crippen LogP contribution in [0.5, 0.6) is 0 Å². The highest BCUT2D eigenvalue weighted by atomic mass is 15.3. The van der Waals surface area contributed by atoms with Gasteiger partial charge in [-0.25, -0.2) is 9.97 Å². The van der Waals surface area contributed by atoms with Crippen LogP contribution in [-0.4, -0.2) is 58.6 Å². The summed E-state index contributed by atoms with van der Waals surface area (Å²) in [5.74, 6) is 1.36. The fraction of sp³-hybridized carbons (Fsp3) is 0.269. The first-order valence-corrected chi connectivity index (χ1v) is 11.6. The van der Waals surface area contributed by atoms with Crippen molar-refractivity contribution in [3.8, 4) is 11.6 Å². The number of nitrogens with zero attached hydrogens (tertiary/aromatic N) is 9. The van der Waals surface area contributed by atoms with Gasteiger partial charge in [0.2, 0.25) is 22.7 Å². The van der Waals surface area contributed by atoms with E-state index in [1.807, 2.05) is 0 Å². The minimum atomic E-state index is 0.330. The average Bonchev–Trinajstić information content (AvgIpc) is 2.88. The van der Waals surface area contributed by atoms with Gasteiger partial charge in [-0.15, -0.1) is 20.4 Å². The second-order valence-corrected chi connectivity index (χ2v) is 8.89. The van der Waals surface area contributed by atoms with E-state index in [9.17, 15) is 0 Å². The first kappa shape index (κ1) is 22.5. The van der Waals surface area contributed by atoms with Crippen LogP contribution in [-0.2, 0) is 13.0 Å². The van der Waals surface area contributed by atoms with Crippen LogP contribution in [0.2, 0.25) is 0 Å². The molecule has 0 amide bonds. The summed E-state index contributed by atoms with van der Waals surface area (Å²) in [4.78, 5) is 12.6. The van der Waals surface area contributed by atoms with Crippen LogP contribution in [0.3, 0.4) is 0 Å². The molecule has 0 unspecified atom stereocenters. The Kier molecular flexibility index (Phi) is 6.13. The molecule has 5 rings (SSSR count). The van der Waals surface area contributed by atoms with E-state index in [2.05, 4.69) is 115 Å². The van der Waals surface area contributed by atoms with Crippen LogP contribution >= 0.6 is 0 Å². The number of pyridine rings is 1. The van der Waals surface area contributed by atoms with Crippen LogP contribution < -0.4 is 14.4 Å². The molecule has 0 aliphatic carbocycles. The Morgan fingerprint density at radius 2 is 1.26 bits per heavy atom. The van der Waals surface area contributed by atoms with E-state index in [1.54, 1.807) is 18.5 Å². The van der Waals surface area contributed by atoms with Gasteiger partial charge in [0.25, 0.3) is 0 Å². The Balaban J connectivity index is 1.46. The van der Waals surface area contributed by atoms with Crippen LogP contribution in [0, 0.1) is 0 Å². The third kappa shape index (κ3) is 4.70. The predicted molar refractivity (Wildman–Crippen MR) is 137 cm³/mol. The Morgan fingerprint density at radius 1 is 0.686 bits per heavy atom. The Morgan fingerprint density at radius 3 is 1.80 bits per heavy atom. The zero-order chi connectivity index (χ0) is 24.4. The average molecular weight is 467 g/mol. The lowest BCUT2D eigenvalue weighted by molar-refractivity contribution is -0.645. The minimum Gasteiger partial charge on any atom is -0.377 e. The number of rotatable bonds is 7. The van der Waals surface area contributed by atoms with Crippen molar-refractivity contribution in [2.45, 2.75) is 19.4 Å². The molecule has 9 nitrogen and oxygen atoms in total. The van der Waals surface area contributed by atoms with E-state index in [4.69, 9.17) is 0 Å². The van der Waals surface area contributed by atoms with Crippen LogP contribution in [0.15, 0.2) is 60.9 Å². The van der Waals surface area contributed by atoms with Crippen molar-refractivity contribution >= 4 is 33.2 Å². The zero-order valence-corrected chi connectivity index (χ0v) is 20.4. The van der Waals surface area contributed by atoms with E-state index < -0.39 is 0 Å². The quantitative estimate of drug-likeness (QED) is 0.267. The molecular weight excluding hydrogens is 438 g/mol. The van der Waals surface area contributed by atoms with Gasteiger partial charge in [0.1, 0.15) is 6.54 Å². The van der Waals surface area contributed by atoms with E-state index >= 15 is 0 Å². The summed E-state index contributed by atoms with van der Waals surface area (Å²) in [6.45, 7) is 0.814. The third-order valence-corrected chi connectivity index (χ3v) is 6.02. The van der Waals surface area contributed by atoms with E-state index in [0.717, 1.165) is 13.0 Å². The van der Waals surface area contributed by atoms with Gasteiger partial charge in [0.05, 0.1) is 0 Å². The number of aromatic nitrogens is 7. The van der Waals surface area contributed by atoms with E-state index in [1.165, 1.54) is 33.2 Å². The lowest BCUT2D eigenvalue weighted by Gasteiger charge is -2.15. The molecule has 0 spiro atoms. The smallest absolute Gasteiger partial charge is 0.240 e. The van der Waals surface area contributed by atoms with Crippen molar-refractivity contribution in [2.75, 3.05) is 38.0 Å². The standard InChI is InChI=1S/C26H28N9/c1-33(2)20-10-8-18-15-19-9-11-21(34(3)4)17-23(19)35(22(18)16-20)14-5-7-24-29-31-26(32-30-24)25-27-12-6-13-28-25/h6,8-13,15-17H,5,7,14H2,1-4H3/q+1. The molecule has 3 aromatic heterocycles. The molecule has 0 aliphatic heterocycles. The maximum Gasteiger partial charge on any atom is 0.240 e. The topological polar surface area (TPSA) is 87.7 Å². The minimum absolute atomic E-state index is 0.330. The summed E-state index contributed by atoms with van der Waals surface area (Å²) < 4.78 is 2.40. The molecule has 0 atom stereocenters. The SMILES string of the molecule is CN(C)c1ccc2cc3ccc(N(C)C)cc3[n+](CCCc3nnc(-c4ncccn4)nn3)c2c1. The van der Waals surface area contributed by atoms with E-state index in [0.29, 0.717) is 23.9 Å². The molecule has 35 heavy (non-hydrogen) atoms. The monoisotopic (exact) mass is 466 g/mol. The maximum absolute atomic E-state index is 4.26. The van der Waals surface area contributed by atoms with Crippen molar-refractivity contribution in [2.24, 2.45) is 0 Å². The van der Waals surface area contributed by atoms with Gasteiger partial charge in [0, 0.05) is 87.7 Å². The van der Waals surface area contributed by atoms with Gasteiger partial charge >= 0.3 is 0 Å². The molecule has 3 heterocycles. The molecule has 0 saturated heterocycles. The van der Waals surface area contributed by atoms with Gasteiger partial charge < -0.3 is 9.80 Å². The Labute approximate surface area is 204 Å². The van der Waals surface area contributed by atoms with Crippen LogP contribution in [0.1, 0.15) is 12.2 Å². The number of fused-ring (bicyclic) bond motifs is 2. The number of hydrogen-bond donors (Lipinski definition) is 0. The normalized spacial score (nSPS) is 11.2. The summed E-state index contributed by atoms with van der Waals surface area (Å²) >= 11 is 0. The second kappa shape index (κ2) is 9.54. The molecule has 176 valence electrons. The van der Waals surface area contributed by atoms with Crippen LogP contribution in [0.4, 0.5) is 11.4 Å².